The maximum absolute atomic E-state index is 13.3. The van der Waals surface area contributed by atoms with Gasteiger partial charge in [-0.3, -0.25) is 14.5 Å². The van der Waals surface area contributed by atoms with Gasteiger partial charge < -0.3 is 5.11 Å². The molecule has 7 rings (SSSR count). The molecule has 1 aliphatic heterocycles. The number of carbonyl (C=O) groups is 2. The van der Waals surface area contributed by atoms with Crippen LogP contribution in [0.2, 0.25) is 0 Å². The lowest BCUT2D eigenvalue weighted by molar-refractivity contribution is -0.124. The molecule has 1 saturated heterocycles. The number of allylic oxidation sites excluding steroid dienone is 2. The Balaban J connectivity index is 1.16. The SMILES string of the molecule is Cc1ccc(CCC(O)c2ccc(N3C(=O)C4C5C=CC(C6CC56)C4C3=O)cc2)cc1C. The third kappa shape index (κ3) is 2.92. The fourth-order valence-corrected chi connectivity index (χ4v) is 6.49. The van der Waals surface area contributed by atoms with Gasteiger partial charge in [0.25, 0.3) is 0 Å². The second-order valence-electron chi connectivity index (χ2n) is 10.2. The number of aliphatic hydroxyl groups excluding tert-OH is 1. The van der Waals surface area contributed by atoms with E-state index in [1.54, 1.807) is 0 Å². The van der Waals surface area contributed by atoms with Crippen molar-refractivity contribution in [2.75, 3.05) is 4.90 Å². The van der Waals surface area contributed by atoms with Gasteiger partial charge in [0.15, 0.2) is 0 Å². The Morgan fingerprint density at radius 2 is 1.53 bits per heavy atom. The molecule has 1 heterocycles. The molecule has 4 nitrogen and oxygen atoms in total. The van der Waals surface area contributed by atoms with Gasteiger partial charge in [0, 0.05) is 0 Å². The molecule has 4 heteroatoms. The molecule has 2 bridgehead atoms. The zero-order chi connectivity index (χ0) is 22.1. The smallest absolute Gasteiger partial charge is 0.238 e. The largest absolute Gasteiger partial charge is 0.388 e. The van der Waals surface area contributed by atoms with Crippen molar-refractivity contribution >= 4 is 17.5 Å². The molecule has 5 aliphatic rings. The minimum Gasteiger partial charge on any atom is -0.388 e. The number of aryl methyl sites for hydroxylation is 3. The molecule has 7 atom stereocenters. The summed E-state index contributed by atoms with van der Waals surface area (Å²) in [6, 6.07) is 13.8. The molecule has 2 saturated carbocycles. The molecule has 32 heavy (non-hydrogen) atoms. The number of rotatable bonds is 5. The average molecular weight is 428 g/mol. The minimum absolute atomic E-state index is 0.0345. The fourth-order valence-electron chi connectivity index (χ4n) is 6.49. The zero-order valence-corrected chi connectivity index (χ0v) is 18.6. The van der Waals surface area contributed by atoms with Crippen LogP contribution in [-0.2, 0) is 16.0 Å². The van der Waals surface area contributed by atoms with Crippen LogP contribution >= 0.6 is 0 Å². The maximum atomic E-state index is 13.3. The molecule has 0 aromatic heterocycles. The number of benzene rings is 2. The second-order valence-corrected chi connectivity index (χ2v) is 10.2. The Hall–Kier alpha value is -2.72. The average Bonchev–Trinajstić information content (AvgIpc) is 3.58. The molecule has 0 radical (unpaired) electrons. The van der Waals surface area contributed by atoms with E-state index in [9.17, 15) is 14.7 Å². The van der Waals surface area contributed by atoms with Crippen molar-refractivity contribution in [2.45, 2.75) is 39.2 Å². The summed E-state index contributed by atoms with van der Waals surface area (Å²) < 4.78 is 0. The van der Waals surface area contributed by atoms with Crippen molar-refractivity contribution in [1.82, 2.24) is 0 Å². The summed E-state index contributed by atoms with van der Waals surface area (Å²) in [7, 11) is 0. The van der Waals surface area contributed by atoms with Gasteiger partial charge in [-0.1, -0.05) is 42.5 Å². The summed E-state index contributed by atoms with van der Waals surface area (Å²) in [5.74, 6) is 1.27. The van der Waals surface area contributed by atoms with Gasteiger partial charge in [0.1, 0.15) is 0 Å². The molecular weight excluding hydrogens is 398 g/mol. The Labute approximate surface area is 188 Å². The van der Waals surface area contributed by atoms with Gasteiger partial charge in [0.05, 0.1) is 23.6 Å². The summed E-state index contributed by atoms with van der Waals surface area (Å²) in [6.45, 7) is 4.21. The van der Waals surface area contributed by atoms with E-state index in [1.807, 2.05) is 24.3 Å². The van der Waals surface area contributed by atoms with Crippen LogP contribution in [0.5, 0.6) is 0 Å². The van der Waals surface area contributed by atoms with Gasteiger partial charge in [-0.25, -0.2) is 0 Å². The van der Waals surface area contributed by atoms with E-state index >= 15 is 0 Å². The van der Waals surface area contributed by atoms with Crippen LogP contribution in [0.1, 0.15) is 41.2 Å². The van der Waals surface area contributed by atoms with E-state index in [-0.39, 0.29) is 35.5 Å². The van der Waals surface area contributed by atoms with E-state index in [1.165, 1.54) is 28.0 Å². The first kappa shape index (κ1) is 19.9. The van der Waals surface area contributed by atoms with Crippen LogP contribution in [-0.4, -0.2) is 16.9 Å². The summed E-state index contributed by atoms with van der Waals surface area (Å²) in [5, 5.41) is 10.7. The molecule has 3 fully saturated rings. The van der Waals surface area contributed by atoms with Gasteiger partial charge in [0.2, 0.25) is 11.8 Å². The summed E-state index contributed by atoms with van der Waals surface area (Å²) in [4.78, 5) is 27.9. The normalized spacial score (nSPS) is 32.8. The van der Waals surface area contributed by atoms with E-state index in [0.717, 1.165) is 12.0 Å². The molecule has 164 valence electrons. The van der Waals surface area contributed by atoms with Crippen LogP contribution in [0, 0.1) is 49.4 Å². The highest BCUT2D eigenvalue weighted by atomic mass is 16.3. The number of imide groups is 1. The van der Waals surface area contributed by atoms with Crippen LogP contribution in [0.3, 0.4) is 0 Å². The first-order valence-electron chi connectivity index (χ1n) is 11.8. The third-order valence-electron chi connectivity index (χ3n) is 8.48. The lowest BCUT2D eigenvalue weighted by atomic mass is 9.63. The lowest BCUT2D eigenvalue weighted by Gasteiger charge is -2.37. The van der Waals surface area contributed by atoms with Gasteiger partial charge in [-0.2, -0.15) is 0 Å². The monoisotopic (exact) mass is 427 g/mol. The highest BCUT2D eigenvalue weighted by molar-refractivity contribution is 6.22. The van der Waals surface area contributed by atoms with Gasteiger partial charge in [-0.05, 0) is 91.2 Å². The van der Waals surface area contributed by atoms with Crippen molar-refractivity contribution in [3.05, 3.63) is 76.9 Å². The topological polar surface area (TPSA) is 57.6 Å². The number of hydrogen-bond acceptors (Lipinski definition) is 3. The Kier molecular flexibility index (Phi) is 4.45. The number of amides is 2. The Bertz CT molecular complexity index is 1100. The van der Waals surface area contributed by atoms with Crippen LogP contribution in [0.15, 0.2) is 54.6 Å². The van der Waals surface area contributed by atoms with Crippen molar-refractivity contribution in [1.29, 1.82) is 0 Å². The number of hydrogen-bond donors (Lipinski definition) is 1. The quantitative estimate of drug-likeness (QED) is 0.564. The molecule has 2 aromatic carbocycles. The van der Waals surface area contributed by atoms with Crippen molar-refractivity contribution < 1.29 is 14.7 Å². The molecule has 0 spiro atoms. The van der Waals surface area contributed by atoms with Gasteiger partial charge >= 0.3 is 0 Å². The van der Waals surface area contributed by atoms with Crippen LogP contribution < -0.4 is 4.90 Å². The van der Waals surface area contributed by atoms with Crippen molar-refractivity contribution in [3.8, 4) is 0 Å². The summed E-state index contributed by atoms with van der Waals surface area (Å²) in [6.07, 6.45) is 6.42. The van der Waals surface area contributed by atoms with Crippen molar-refractivity contribution in [3.63, 3.8) is 0 Å². The predicted octanol–water partition coefficient (Wildman–Crippen LogP) is 4.53. The van der Waals surface area contributed by atoms with E-state index in [4.69, 9.17) is 0 Å². The summed E-state index contributed by atoms with van der Waals surface area (Å²) >= 11 is 0. The molecular formula is C28H29NO3. The maximum Gasteiger partial charge on any atom is 0.238 e. The minimum atomic E-state index is -0.578. The predicted molar refractivity (Wildman–Crippen MR) is 123 cm³/mol. The first-order chi connectivity index (χ1) is 15.4. The lowest BCUT2D eigenvalue weighted by Crippen LogP contribution is -2.40. The molecule has 4 aliphatic carbocycles. The van der Waals surface area contributed by atoms with E-state index < -0.39 is 6.10 Å². The zero-order valence-electron chi connectivity index (χ0n) is 18.6. The summed E-state index contributed by atoms with van der Waals surface area (Å²) in [5.41, 5.74) is 5.21. The number of anilines is 1. The third-order valence-corrected chi connectivity index (χ3v) is 8.48. The van der Waals surface area contributed by atoms with Crippen LogP contribution in [0.25, 0.3) is 0 Å². The molecule has 2 amide bonds. The number of carbonyl (C=O) groups excluding carboxylic acids is 2. The highest BCUT2D eigenvalue weighted by Gasteiger charge is 2.67. The van der Waals surface area contributed by atoms with Gasteiger partial charge in [-0.15, -0.1) is 0 Å². The number of nitrogens with zero attached hydrogens (tertiary/aromatic N) is 1. The van der Waals surface area contributed by atoms with Crippen molar-refractivity contribution in [2.24, 2.45) is 35.5 Å². The first-order valence-corrected chi connectivity index (χ1v) is 11.8. The van der Waals surface area contributed by atoms with E-state index in [0.29, 0.717) is 23.9 Å². The molecule has 1 N–H and O–H groups in total. The standard InChI is InChI=1S/C28H29NO3/c1-15-3-4-17(13-16(15)2)5-12-24(30)18-6-8-19(9-7-18)29-27(31)25-20-10-11-21(23-14-22(20)23)26(25)28(29)32/h3-4,6-11,13,20-26,30H,5,12,14H2,1-2H3. The fraction of sp³-hybridized carbons (Fsp3) is 0.429. The molecule has 7 unspecified atom stereocenters. The Morgan fingerprint density at radius 1 is 0.906 bits per heavy atom. The number of aliphatic hydroxyl groups is 1. The highest BCUT2D eigenvalue weighted by Crippen LogP contribution is 2.65. The molecule has 2 aromatic rings. The second kappa shape index (κ2) is 7.14. The Morgan fingerprint density at radius 3 is 2.12 bits per heavy atom. The van der Waals surface area contributed by atoms with Crippen LogP contribution in [0.4, 0.5) is 5.69 Å². The van der Waals surface area contributed by atoms with E-state index in [2.05, 4.69) is 44.2 Å².